The Bertz CT molecular complexity index is 662. The highest BCUT2D eigenvalue weighted by Crippen LogP contribution is 2.29. The van der Waals surface area contributed by atoms with Crippen LogP contribution >= 0.6 is 0 Å². The molecule has 1 aromatic carbocycles. The lowest BCUT2D eigenvalue weighted by Crippen LogP contribution is -2.50. The van der Waals surface area contributed by atoms with Gasteiger partial charge >= 0.3 is 0 Å². The highest BCUT2D eigenvalue weighted by molar-refractivity contribution is 6.05. The summed E-state index contributed by atoms with van der Waals surface area (Å²) < 4.78 is 19.2. The molecule has 0 saturated carbocycles. The van der Waals surface area contributed by atoms with Gasteiger partial charge in [-0.05, 0) is 37.0 Å². The molecule has 0 spiro atoms. The van der Waals surface area contributed by atoms with Crippen molar-refractivity contribution in [2.24, 2.45) is 5.92 Å². The zero-order chi connectivity index (χ0) is 18.8. The standard InChI is InChI=1S/C20H27FN2O3/c1-13(2)8-9-23-19(24)10-17(20(23)25)22-11-14(3)26-18(12-22)15-4-6-16(21)7-5-15/h4-7,13-14,17-18H,8-12H2,1-3H3/t14-,17?,18-/m1/s1. The third-order valence-electron chi connectivity index (χ3n) is 5.12. The minimum Gasteiger partial charge on any atom is -0.368 e. The number of hydrogen-bond acceptors (Lipinski definition) is 4. The van der Waals surface area contributed by atoms with Crippen LogP contribution in [0.4, 0.5) is 4.39 Å². The van der Waals surface area contributed by atoms with E-state index in [1.807, 2.05) is 6.92 Å². The van der Waals surface area contributed by atoms with E-state index in [4.69, 9.17) is 4.74 Å². The van der Waals surface area contributed by atoms with E-state index < -0.39 is 6.04 Å². The number of hydrogen-bond donors (Lipinski definition) is 0. The van der Waals surface area contributed by atoms with Crippen molar-refractivity contribution in [3.8, 4) is 0 Å². The van der Waals surface area contributed by atoms with Gasteiger partial charge in [-0.3, -0.25) is 19.4 Å². The molecule has 26 heavy (non-hydrogen) atoms. The minimum atomic E-state index is -0.413. The van der Waals surface area contributed by atoms with Gasteiger partial charge in [0.2, 0.25) is 11.8 Å². The molecular weight excluding hydrogens is 335 g/mol. The van der Waals surface area contributed by atoms with Crippen molar-refractivity contribution in [3.05, 3.63) is 35.6 Å². The third kappa shape index (κ3) is 4.13. The number of carbonyl (C=O) groups is 2. The van der Waals surface area contributed by atoms with E-state index in [-0.39, 0.29) is 36.3 Å². The quantitative estimate of drug-likeness (QED) is 0.756. The Hall–Kier alpha value is -1.79. The van der Waals surface area contributed by atoms with Crippen LogP contribution in [0.3, 0.4) is 0 Å². The van der Waals surface area contributed by atoms with Crippen molar-refractivity contribution in [2.75, 3.05) is 19.6 Å². The number of carbonyl (C=O) groups excluding carboxylic acids is 2. The van der Waals surface area contributed by atoms with E-state index in [2.05, 4.69) is 18.7 Å². The molecule has 6 heteroatoms. The molecule has 0 bridgehead atoms. The van der Waals surface area contributed by atoms with Gasteiger partial charge in [0.1, 0.15) is 5.82 Å². The molecular formula is C20H27FN2O3. The van der Waals surface area contributed by atoms with Crippen molar-refractivity contribution >= 4 is 11.8 Å². The fraction of sp³-hybridized carbons (Fsp3) is 0.600. The Morgan fingerprint density at radius 1 is 1.19 bits per heavy atom. The molecule has 2 fully saturated rings. The van der Waals surface area contributed by atoms with Crippen LogP contribution in [0.25, 0.3) is 0 Å². The minimum absolute atomic E-state index is 0.0635. The van der Waals surface area contributed by atoms with E-state index in [1.165, 1.54) is 17.0 Å². The molecule has 142 valence electrons. The van der Waals surface area contributed by atoms with Crippen LogP contribution < -0.4 is 0 Å². The number of amides is 2. The summed E-state index contributed by atoms with van der Waals surface area (Å²) in [6.45, 7) is 7.75. The van der Waals surface area contributed by atoms with Gasteiger partial charge in [-0.15, -0.1) is 0 Å². The van der Waals surface area contributed by atoms with Crippen molar-refractivity contribution in [1.82, 2.24) is 9.80 Å². The van der Waals surface area contributed by atoms with Gasteiger partial charge in [0.15, 0.2) is 0 Å². The Balaban J connectivity index is 1.71. The lowest BCUT2D eigenvalue weighted by Gasteiger charge is -2.39. The lowest BCUT2D eigenvalue weighted by molar-refractivity contribution is -0.142. The molecule has 3 rings (SSSR count). The second kappa shape index (κ2) is 7.84. The summed E-state index contributed by atoms with van der Waals surface area (Å²) in [7, 11) is 0. The first-order valence-corrected chi connectivity index (χ1v) is 9.34. The molecule has 0 radical (unpaired) electrons. The number of nitrogens with zero attached hydrogens (tertiary/aromatic N) is 2. The van der Waals surface area contributed by atoms with E-state index >= 15 is 0 Å². The Kier molecular flexibility index (Phi) is 5.73. The molecule has 0 N–H and O–H groups in total. The van der Waals surface area contributed by atoms with Crippen LogP contribution in [0.5, 0.6) is 0 Å². The number of benzene rings is 1. The first-order chi connectivity index (χ1) is 12.3. The maximum absolute atomic E-state index is 13.2. The summed E-state index contributed by atoms with van der Waals surface area (Å²) in [6, 6.07) is 5.85. The maximum atomic E-state index is 13.2. The van der Waals surface area contributed by atoms with Crippen molar-refractivity contribution in [2.45, 2.75) is 51.9 Å². The number of likely N-dealkylation sites (tertiary alicyclic amines) is 1. The van der Waals surface area contributed by atoms with Crippen LogP contribution in [0, 0.1) is 11.7 Å². The van der Waals surface area contributed by atoms with Gasteiger partial charge in [0.05, 0.1) is 24.7 Å². The smallest absolute Gasteiger partial charge is 0.247 e. The van der Waals surface area contributed by atoms with Crippen LogP contribution in [0.1, 0.15) is 45.3 Å². The molecule has 3 atom stereocenters. The normalized spacial score (nSPS) is 27.6. The second-order valence-corrected chi connectivity index (χ2v) is 7.73. The summed E-state index contributed by atoms with van der Waals surface area (Å²) in [5.41, 5.74) is 0.886. The highest BCUT2D eigenvalue weighted by atomic mass is 19.1. The first-order valence-electron chi connectivity index (χ1n) is 9.34. The number of ether oxygens (including phenoxy) is 1. The van der Waals surface area contributed by atoms with Crippen molar-refractivity contribution < 1.29 is 18.7 Å². The molecule has 2 aliphatic rings. The van der Waals surface area contributed by atoms with E-state index in [0.29, 0.717) is 25.6 Å². The Morgan fingerprint density at radius 2 is 1.88 bits per heavy atom. The SMILES string of the molecule is CC(C)CCN1C(=O)CC(N2C[C@@H](C)O[C@@H](c3ccc(F)cc3)C2)C1=O. The molecule has 2 aliphatic heterocycles. The van der Waals surface area contributed by atoms with Crippen LogP contribution in [0.15, 0.2) is 24.3 Å². The van der Waals surface area contributed by atoms with E-state index in [0.717, 1.165) is 12.0 Å². The third-order valence-corrected chi connectivity index (χ3v) is 5.12. The fourth-order valence-corrected chi connectivity index (χ4v) is 3.67. The monoisotopic (exact) mass is 362 g/mol. The van der Waals surface area contributed by atoms with E-state index in [9.17, 15) is 14.0 Å². The molecule has 2 saturated heterocycles. The predicted octanol–water partition coefficient (Wildman–Crippen LogP) is 2.76. The summed E-state index contributed by atoms with van der Waals surface area (Å²) >= 11 is 0. The van der Waals surface area contributed by atoms with Crippen molar-refractivity contribution in [3.63, 3.8) is 0 Å². The summed E-state index contributed by atoms with van der Waals surface area (Å²) in [4.78, 5) is 28.6. The van der Waals surface area contributed by atoms with Gasteiger partial charge in [0.25, 0.3) is 0 Å². The molecule has 0 aliphatic carbocycles. The Morgan fingerprint density at radius 3 is 2.54 bits per heavy atom. The fourth-order valence-electron chi connectivity index (χ4n) is 3.67. The number of halogens is 1. The average Bonchev–Trinajstić information content (AvgIpc) is 2.87. The molecule has 1 unspecified atom stereocenters. The largest absolute Gasteiger partial charge is 0.368 e. The van der Waals surface area contributed by atoms with E-state index in [1.54, 1.807) is 12.1 Å². The summed E-state index contributed by atoms with van der Waals surface area (Å²) in [5, 5.41) is 0. The van der Waals surface area contributed by atoms with Gasteiger partial charge < -0.3 is 4.74 Å². The maximum Gasteiger partial charge on any atom is 0.247 e. The molecule has 2 amide bonds. The van der Waals surface area contributed by atoms with Gasteiger partial charge in [0, 0.05) is 19.6 Å². The molecule has 2 heterocycles. The van der Waals surface area contributed by atoms with Gasteiger partial charge in [-0.2, -0.15) is 0 Å². The van der Waals surface area contributed by atoms with Crippen LogP contribution in [-0.4, -0.2) is 53.4 Å². The van der Waals surface area contributed by atoms with Crippen LogP contribution in [-0.2, 0) is 14.3 Å². The summed E-state index contributed by atoms with van der Waals surface area (Å²) in [5.74, 6) is -0.0199. The van der Waals surface area contributed by atoms with Gasteiger partial charge in [-0.25, -0.2) is 4.39 Å². The number of morpholine rings is 1. The average molecular weight is 362 g/mol. The zero-order valence-corrected chi connectivity index (χ0v) is 15.7. The lowest BCUT2D eigenvalue weighted by atomic mass is 10.0. The van der Waals surface area contributed by atoms with Gasteiger partial charge in [-0.1, -0.05) is 26.0 Å². The molecule has 1 aromatic rings. The predicted molar refractivity (Wildman–Crippen MR) is 95.8 cm³/mol. The molecule has 0 aromatic heterocycles. The highest BCUT2D eigenvalue weighted by Gasteiger charge is 2.44. The topological polar surface area (TPSA) is 49.9 Å². The number of rotatable bonds is 5. The second-order valence-electron chi connectivity index (χ2n) is 7.73. The Labute approximate surface area is 154 Å². The van der Waals surface area contributed by atoms with Crippen LogP contribution in [0.2, 0.25) is 0 Å². The zero-order valence-electron chi connectivity index (χ0n) is 15.7. The van der Waals surface area contributed by atoms with Crippen molar-refractivity contribution in [1.29, 1.82) is 0 Å². The number of imide groups is 1. The molecule has 5 nitrogen and oxygen atoms in total. The summed E-state index contributed by atoms with van der Waals surface area (Å²) in [6.07, 6.45) is 0.764. The first kappa shape index (κ1) is 19.0.